The van der Waals surface area contributed by atoms with E-state index >= 15 is 0 Å². The summed E-state index contributed by atoms with van der Waals surface area (Å²) < 4.78 is 0. The van der Waals surface area contributed by atoms with Gasteiger partial charge in [0.05, 0.1) is 11.4 Å². The molecule has 0 aliphatic heterocycles. The summed E-state index contributed by atoms with van der Waals surface area (Å²) in [5.74, 6) is -0.560. The number of carbonyl (C=O) groups is 2. The van der Waals surface area contributed by atoms with E-state index in [9.17, 15) is 9.59 Å². The van der Waals surface area contributed by atoms with Crippen molar-refractivity contribution in [2.24, 2.45) is 5.73 Å². The monoisotopic (exact) mass is 231 g/mol. The number of rotatable bonds is 5. The fraction of sp³-hybridized carbons (Fsp3) is 0.667. The van der Waals surface area contributed by atoms with Crippen LogP contribution in [-0.4, -0.2) is 28.9 Å². The van der Waals surface area contributed by atoms with Gasteiger partial charge in [0.1, 0.15) is 6.04 Å². The molecule has 4 N–H and O–H groups in total. The van der Waals surface area contributed by atoms with E-state index in [4.69, 9.17) is 5.73 Å². The number of thiocarbonyl (C=S) groups is 1. The molecule has 0 saturated carbocycles. The molecule has 0 aliphatic rings. The normalized spacial score (nSPS) is 12.0. The second-order valence-electron chi connectivity index (χ2n) is 3.60. The van der Waals surface area contributed by atoms with E-state index in [0.717, 1.165) is 0 Å². The zero-order valence-electron chi connectivity index (χ0n) is 9.16. The van der Waals surface area contributed by atoms with Gasteiger partial charge in [0.15, 0.2) is 0 Å². The molecular formula is C9H17N3O2S. The number of carbonyl (C=O) groups excluding carboxylic acids is 2. The molecule has 1 unspecified atom stereocenters. The molecule has 0 rings (SSSR count). The van der Waals surface area contributed by atoms with E-state index in [2.05, 4.69) is 22.9 Å². The maximum atomic E-state index is 11.4. The van der Waals surface area contributed by atoms with E-state index < -0.39 is 6.04 Å². The summed E-state index contributed by atoms with van der Waals surface area (Å²) in [5, 5.41) is 5.18. The van der Waals surface area contributed by atoms with Gasteiger partial charge in [0.25, 0.3) is 0 Å². The highest BCUT2D eigenvalue weighted by molar-refractivity contribution is 7.80. The Labute approximate surface area is 94.8 Å². The summed E-state index contributed by atoms with van der Waals surface area (Å²) in [5.41, 5.74) is 5.20. The molecule has 0 heterocycles. The van der Waals surface area contributed by atoms with Gasteiger partial charge in [-0.2, -0.15) is 0 Å². The first-order valence-electron chi connectivity index (χ1n) is 4.71. The Kier molecular flexibility index (Phi) is 5.84. The molecule has 0 bridgehead atoms. The molecule has 86 valence electrons. The van der Waals surface area contributed by atoms with Gasteiger partial charge in [-0.25, -0.2) is 0 Å². The predicted octanol–water partition coefficient (Wildman–Crippen LogP) is -0.308. The van der Waals surface area contributed by atoms with Crippen molar-refractivity contribution < 1.29 is 9.59 Å². The van der Waals surface area contributed by atoms with Crippen molar-refractivity contribution >= 4 is 29.0 Å². The molecule has 0 spiro atoms. The third kappa shape index (κ3) is 6.84. The van der Waals surface area contributed by atoms with Gasteiger partial charge in [-0.15, -0.1) is 0 Å². The third-order valence-electron chi connectivity index (χ3n) is 1.54. The number of hydrogen-bond acceptors (Lipinski definition) is 3. The van der Waals surface area contributed by atoms with Gasteiger partial charge >= 0.3 is 0 Å². The quantitative estimate of drug-likeness (QED) is 0.567. The summed E-state index contributed by atoms with van der Waals surface area (Å²) >= 11 is 4.58. The summed E-state index contributed by atoms with van der Waals surface area (Å²) in [6.45, 7) is 5.30. The van der Waals surface area contributed by atoms with Crippen LogP contribution in [0.15, 0.2) is 0 Å². The van der Waals surface area contributed by atoms with Crippen molar-refractivity contribution in [1.82, 2.24) is 10.6 Å². The molecule has 0 aromatic carbocycles. The van der Waals surface area contributed by atoms with Crippen molar-refractivity contribution in [3.8, 4) is 0 Å². The van der Waals surface area contributed by atoms with E-state index in [0.29, 0.717) is 0 Å². The highest BCUT2D eigenvalue weighted by Crippen LogP contribution is 1.88. The van der Waals surface area contributed by atoms with Gasteiger partial charge in [-0.05, 0) is 20.8 Å². The number of hydrogen-bond donors (Lipinski definition) is 3. The average molecular weight is 231 g/mol. The first-order chi connectivity index (χ1) is 6.82. The average Bonchev–Trinajstić information content (AvgIpc) is 2.00. The highest BCUT2D eigenvalue weighted by Gasteiger charge is 2.16. The molecule has 0 aliphatic carbocycles. The zero-order chi connectivity index (χ0) is 12.0. The minimum Gasteiger partial charge on any atom is -0.393 e. The second kappa shape index (κ2) is 6.34. The first-order valence-corrected chi connectivity index (χ1v) is 5.11. The smallest absolute Gasteiger partial charge is 0.242 e. The van der Waals surface area contributed by atoms with E-state index in [1.54, 1.807) is 6.92 Å². The Morgan fingerprint density at radius 3 is 2.20 bits per heavy atom. The lowest BCUT2D eigenvalue weighted by molar-refractivity contribution is -0.128. The van der Waals surface area contributed by atoms with E-state index in [1.807, 2.05) is 13.8 Å². The Morgan fingerprint density at radius 1 is 1.27 bits per heavy atom. The summed E-state index contributed by atoms with van der Waals surface area (Å²) in [7, 11) is 0. The van der Waals surface area contributed by atoms with Crippen molar-refractivity contribution in [3.05, 3.63) is 0 Å². The second-order valence-corrected chi connectivity index (χ2v) is 4.12. The third-order valence-corrected chi connectivity index (χ3v) is 1.68. The Bertz CT molecular complexity index is 266. The standard InChI is InChI=1S/C9H17N3O2S/c1-5(2)11-9(14)6(3)12-8(13)4-7(10)15/h5-6H,4H2,1-3H3,(H2,10,15)(H,11,14)(H,12,13). The van der Waals surface area contributed by atoms with Crippen LogP contribution in [0.2, 0.25) is 0 Å². The molecule has 0 aromatic heterocycles. The molecule has 2 amide bonds. The van der Waals surface area contributed by atoms with Crippen LogP contribution in [0.1, 0.15) is 27.2 Å². The summed E-state index contributed by atoms with van der Waals surface area (Å²) in [6, 6.07) is -0.526. The summed E-state index contributed by atoms with van der Waals surface area (Å²) in [4.78, 5) is 22.7. The van der Waals surface area contributed by atoms with Gasteiger partial charge in [-0.1, -0.05) is 12.2 Å². The fourth-order valence-corrected chi connectivity index (χ4v) is 1.06. The van der Waals surface area contributed by atoms with Crippen LogP contribution in [-0.2, 0) is 9.59 Å². The number of amides is 2. The van der Waals surface area contributed by atoms with Crippen LogP contribution in [0.25, 0.3) is 0 Å². The van der Waals surface area contributed by atoms with Crippen molar-refractivity contribution in [2.45, 2.75) is 39.3 Å². The van der Waals surface area contributed by atoms with Crippen LogP contribution in [0.3, 0.4) is 0 Å². The molecule has 0 aromatic rings. The van der Waals surface area contributed by atoms with Gasteiger partial charge < -0.3 is 16.4 Å². The zero-order valence-corrected chi connectivity index (χ0v) is 9.98. The van der Waals surface area contributed by atoms with Gasteiger partial charge in [0, 0.05) is 6.04 Å². The largest absolute Gasteiger partial charge is 0.393 e. The molecule has 0 fully saturated rings. The Morgan fingerprint density at radius 2 is 1.80 bits per heavy atom. The number of nitrogens with one attached hydrogen (secondary N) is 2. The molecule has 1 atom stereocenters. The van der Waals surface area contributed by atoms with Crippen molar-refractivity contribution in [1.29, 1.82) is 0 Å². The molecule has 0 radical (unpaired) electrons. The first kappa shape index (κ1) is 13.8. The topological polar surface area (TPSA) is 84.2 Å². The minimum absolute atomic E-state index is 0.0331. The van der Waals surface area contributed by atoms with Crippen LogP contribution < -0.4 is 16.4 Å². The highest BCUT2D eigenvalue weighted by atomic mass is 32.1. The molecule has 5 nitrogen and oxygen atoms in total. The van der Waals surface area contributed by atoms with Crippen LogP contribution in [0.5, 0.6) is 0 Å². The van der Waals surface area contributed by atoms with E-state index in [-0.39, 0.29) is 29.3 Å². The van der Waals surface area contributed by atoms with Gasteiger partial charge in [0.2, 0.25) is 11.8 Å². The maximum absolute atomic E-state index is 11.4. The van der Waals surface area contributed by atoms with Crippen LogP contribution in [0.4, 0.5) is 0 Å². The lowest BCUT2D eigenvalue weighted by Crippen LogP contribution is -2.47. The Balaban J connectivity index is 4.01. The lowest BCUT2D eigenvalue weighted by atomic mass is 10.2. The predicted molar refractivity (Wildman–Crippen MR) is 62.3 cm³/mol. The molecular weight excluding hydrogens is 214 g/mol. The minimum atomic E-state index is -0.575. The van der Waals surface area contributed by atoms with E-state index in [1.165, 1.54) is 0 Å². The Hall–Kier alpha value is -1.17. The molecule has 6 heteroatoms. The molecule has 0 saturated heterocycles. The molecule has 15 heavy (non-hydrogen) atoms. The van der Waals surface area contributed by atoms with Crippen LogP contribution >= 0.6 is 12.2 Å². The van der Waals surface area contributed by atoms with Crippen molar-refractivity contribution in [3.63, 3.8) is 0 Å². The maximum Gasteiger partial charge on any atom is 0.242 e. The summed E-state index contributed by atoms with van der Waals surface area (Å²) in [6.07, 6.45) is -0.0331. The van der Waals surface area contributed by atoms with Gasteiger partial charge in [-0.3, -0.25) is 9.59 Å². The SMILES string of the molecule is CC(C)NC(=O)C(C)NC(=O)CC(N)=S. The van der Waals surface area contributed by atoms with Crippen molar-refractivity contribution in [2.75, 3.05) is 0 Å². The fourth-order valence-electron chi connectivity index (χ4n) is 0.926. The number of nitrogens with two attached hydrogens (primary N) is 1. The van der Waals surface area contributed by atoms with Crippen LogP contribution in [0, 0.1) is 0 Å². The lowest BCUT2D eigenvalue weighted by Gasteiger charge is -2.15.